The minimum atomic E-state index is -0.270. The Morgan fingerprint density at radius 1 is 1.11 bits per heavy atom. The van der Waals surface area contributed by atoms with Gasteiger partial charge in [0.25, 0.3) is 5.91 Å². The van der Waals surface area contributed by atoms with Gasteiger partial charge in [-0.1, -0.05) is 12.1 Å². The molecule has 2 aromatic rings. The fraction of sp³-hybridized carbons (Fsp3) is 0.381. The van der Waals surface area contributed by atoms with Crippen molar-refractivity contribution in [2.24, 2.45) is 0 Å². The first-order chi connectivity index (χ1) is 13.0. The quantitative estimate of drug-likeness (QED) is 0.782. The van der Waals surface area contributed by atoms with Crippen LogP contribution in [-0.2, 0) is 11.3 Å². The second-order valence-corrected chi connectivity index (χ2v) is 6.72. The average Bonchev–Trinajstić information content (AvgIpc) is 2.67. The van der Waals surface area contributed by atoms with Gasteiger partial charge in [0.2, 0.25) is 0 Å². The van der Waals surface area contributed by atoms with Gasteiger partial charge >= 0.3 is 0 Å². The number of hydrogen-bond acceptors (Lipinski definition) is 4. The zero-order valence-corrected chi connectivity index (χ0v) is 15.8. The van der Waals surface area contributed by atoms with Crippen LogP contribution in [0.5, 0.6) is 11.5 Å². The second kappa shape index (κ2) is 8.86. The summed E-state index contributed by atoms with van der Waals surface area (Å²) in [5.41, 5.74) is 1.92. The Morgan fingerprint density at radius 3 is 2.59 bits per heavy atom. The van der Waals surface area contributed by atoms with E-state index in [1.165, 1.54) is 12.1 Å². The van der Waals surface area contributed by atoms with E-state index in [4.69, 9.17) is 9.47 Å². The highest BCUT2D eigenvalue weighted by Crippen LogP contribution is 2.21. The van der Waals surface area contributed by atoms with Crippen LogP contribution >= 0.6 is 0 Å². The summed E-state index contributed by atoms with van der Waals surface area (Å²) in [6, 6.07) is 12.2. The number of nitrogens with zero attached hydrogens (tertiary/aromatic N) is 2. The van der Waals surface area contributed by atoms with E-state index >= 15 is 0 Å². The molecule has 0 radical (unpaired) electrons. The predicted molar refractivity (Wildman–Crippen MR) is 101 cm³/mol. The molecule has 27 heavy (non-hydrogen) atoms. The topological polar surface area (TPSA) is 42.0 Å². The van der Waals surface area contributed by atoms with Gasteiger partial charge in [-0.05, 0) is 42.8 Å². The van der Waals surface area contributed by atoms with Crippen molar-refractivity contribution in [1.29, 1.82) is 0 Å². The number of ether oxygens (including phenoxy) is 2. The first kappa shape index (κ1) is 19.2. The van der Waals surface area contributed by atoms with E-state index in [0.717, 1.165) is 24.2 Å². The lowest BCUT2D eigenvalue weighted by atomic mass is 10.1. The highest BCUT2D eigenvalue weighted by molar-refractivity contribution is 5.77. The Balaban J connectivity index is 1.48. The number of halogens is 1. The number of hydrogen-bond donors (Lipinski definition) is 0. The first-order valence-electron chi connectivity index (χ1n) is 9.07. The van der Waals surface area contributed by atoms with Gasteiger partial charge in [0.15, 0.2) is 6.61 Å². The lowest BCUT2D eigenvalue weighted by Crippen LogP contribution is -2.49. The van der Waals surface area contributed by atoms with Crippen molar-refractivity contribution < 1.29 is 18.7 Å². The molecule has 1 heterocycles. The third-order valence-electron chi connectivity index (χ3n) is 4.71. The van der Waals surface area contributed by atoms with Crippen molar-refractivity contribution in [2.45, 2.75) is 13.5 Å². The molecule has 0 atom stereocenters. The van der Waals surface area contributed by atoms with Gasteiger partial charge in [-0.2, -0.15) is 0 Å². The first-order valence-corrected chi connectivity index (χ1v) is 9.07. The normalized spacial score (nSPS) is 14.9. The maximum absolute atomic E-state index is 13.5. The Labute approximate surface area is 159 Å². The minimum absolute atomic E-state index is 0.0144. The summed E-state index contributed by atoms with van der Waals surface area (Å²) in [6.07, 6.45) is 0. The summed E-state index contributed by atoms with van der Waals surface area (Å²) in [6.45, 7) is 5.36. The molecule has 1 fully saturated rings. The van der Waals surface area contributed by atoms with E-state index in [9.17, 15) is 9.18 Å². The van der Waals surface area contributed by atoms with Crippen LogP contribution < -0.4 is 9.47 Å². The summed E-state index contributed by atoms with van der Waals surface area (Å²) in [7, 11) is 1.58. The van der Waals surface area contributed by atoms with Gasteiger partial charge in [-0.25, -0.2) is 4.39 Å². The zero-order chi connectivity index (χ0) is 19.2. The van der Waals surface area contributed by atoms with Crippen molar-refractivity contribution in [2.75, 3.05) is 39.9 Å². The molecule has 0 bridgehead atoms. The summed E-state index contributed by atoms with van der Waals surface area (Å²) in [5.74, 6) is 1.11. The average molecular weight is 372 g/mol. The maximum Gasteiger partial charge on any atom is 0.260 e. The fourth-order valence-corrected chi connectivity index (χ4v) is 3.21. The molecule has 0 saturated carbocycles. The SMILES string of the molecule is COc1ccc(F)cc1CN1CCN(C(=O)COc2cccc(C)c2)CC1. The second-order valence-electron chi connectivity index (χ2n) is 6.72. The standard InChI is InChI=1S/C21H25FN2O3/c1-16-4-3-5-19(12-16)27-15-21(25)24-10-8-23(9-11-24)14-17-13-18(22)6-7-20(17)26-2/h3-7,12-13H,8-11,14-15H2,1-2H3. The van der Waals surface area contributed by atoms with E-state index in [2.05, 4.69) is 4.90 Å². The number of aryl methyl sites for hydroxylation is 1. The summed E-state index contributed by atoms with van der Waals surface area (Å²) in [5, 5.41) is 0. The van der Waals surface area contributed by atoms with E-state index in [0.29, 0.717) is 31.1 Å². The van der Waals surface area contributed by atoms with E-state index in [-0.39, 0.29) is 18.3 Å². The summed E-state index contributed by atoms with van der Waals surface area (Å²) < 4.78 is 24.4. The summed E-state index contributed by atoms with van der Waals surface area (Å²) >= 11 is 0. The van der Waals surface area contributed by atoms with Crippen molar-refractivity contribution >= 4 is 5.91 Å². The molecule has 0 unspecified atom stereocenters. The van der Waals surface area contributed by atoms with Crippen LogP contribution in [0.3, 0.4) is 0 Å². The molecule has 0 N–H and O–H groups in total. The number of carbonyl (C=O) groups excluding carboxylic acids is 1. The van der Waals surface area contributed by atoms with Gasteiger partial charge < -0.3 is 14.4 Å². The Kier molecular flexibility index (Phi) is 6.29. The molecular weight excluding hydrogens is 347 g/mol. The number of carbonyl (C=O) groups is 1. The van der Waals surface area contributed by atoms with Gasteiger partial charge in [-0.3, -0.25) is 9.69 Å². The third kappa shape index (κ3) is 5.20. The molecule has 1 aliphatic heterocycles. The lowest BCUT2D eigenvalue weighted by Gasteiger charge is -2.34. The molecule has 3 rings (SSSR count). The highest BCUT2D eigenvalue weighted by Gasteiger charge is 2.22. The molecule has 0 aliphatic carbocycles. The molecule has 0 aromatic heterocycles. The van der Waals surface area contributed by atoms with Gasteiger partial charge in [0.05, 0.1) is 7.11 Å². The van der Waals surface area contributed by atoms with E-state index in [1.807, 2.05) is 36.1 Å². The molecular formula is C21H25FN2O3. The molecule has 0 spiro atoms. The van der Waals surface area contributed by atoms with E-state index < -0.39 is 0 Å². The van der Waals surface area contributed by atoms with Crippen LogP contribution in [0.15, 0.2) is 42.5 Å². The van der Waals surface area contributed by atoms with Gasteiger partial charge in [0.1, 0.15) is 17.3 Å². The van der Waals surface area contributed by atoms with Gasteiger partial charge in [-0.15, -0.1) is 0 Å². The molecule has 1 aliphatic rings. The van der Waals surface area contributed by atoms with Crippen LogP contribution in [0.4, 0.5) is 4.39 Å². The molecule has 1 saturated heterocycles. The molecule has 5 nitrogen and oxygen atoms in total. The fourth-order valence-electron chi connectivity index (χ4n) is 3.21. The van der Waals surface area contributed by atoms with Crippen LogP contribution in [0.2, 0.25) is 0 Å². The molecule has 2 aromatic carbocycles. The van der Waals surface area contributed by atoms with E-state index in [1.54, 1.807) is 13.2 Å². The third-order valence-corrected chi connectivity index (χ3v) is 4.71. The monoisotopic (exact) mass is 372 g/mol. The molecule has 1 amide bonds. The molecule has 6 heteroatoms. The smallest absolute Gasteiger partial charge is 0.260 e. The number of benzene rings is 2. The van der Waals surface area contributed by atoms with Crippen LogP contribution in [-0.4, -0.2) is 55.6 Å². The predicted octanol–water partition coefficient (Wildman–Crippen LogP) is 2.87. The van der Waals surface area contributed by atoms with Crippen molar-refractivity contribution in [3.8, 4) is 11.5 Å². The molecule has 144 valence electrons. The van der Waals surface area contributed by atoms with Gasteiger partial charge in [0, 0.05) is 38.3 Å². The largest absolute Gasteiger partial charge is 0.496 e. The number of methoxy groups -OCH3 is 1. The lowest BCUT2D eigenvalue weighted by molar-refractivity contribution is -0.135. The minimum Gasteiger partial charge on any atom is -0.496 e. The Bertz CT molecular complexity index is 789. The van der Waals surface area contributed by atoms with Crippen molar-refractivity contribution in [1.82, 2.24) is 9.80 Å². The Hall–Kier alpha value is -2.60. The van der Waals surface area contributed by atoms with Crippen LogP contribution in [0.25, 0.3) is 0 Å². The summed E-state index contributed by atoms with van der Waals surface area (Å²) in [4.78, 5) is 16.4. The van der Waals surface area contributed by atoms with Crippen LogP contribution in [0, 0.1) is 12.7 Å². The number of rotatable bonds is 6. The van der Waals surface area contributed by atoms with Crippen molar-refractivity contribution in [3.05, 3.63) is 59.4 Å². The highest BCUT2D eigenvalue weighted by atomic mass is 19.1. The number of piperazine rings is 1. The zero-order valence-electron chi connectivity index (χ0n) is 15.8. The Morgan fingerprint density at radius 2 is 1.89 bits per heavy atom. The van der Waals surface area contributed by atoms with Crippen molar-refractivity contribution in [3.63, 3.8) is 0 Å². The number of amides is 1. The maximum atomic E-state index is 13.5. The van der Waals surface area contributed by atoms with Crippen LogP contribution in [0.1, 0.15) is 11.1 Å².